The first-order valence-corrected chi connectivity index (χ1v) is 14.8. The minimum absolute atomic E-state index is 0.00836. The van der Waals surface area contributed by atoms with Gasteiger partial charge in [-0.05, 0) is 53.7 Å². The molecule has 0 radical (unpaired) electrons. The van der Waals surface area contributed by atoms with Crippen molar-refractivity contribution in [2.75, 3.05) is 0 Å². The van der Waals surface area contributed by atoms with Crippen LogP contribution in [0, 0.1) is 6.92 Å². The van der Waals surface area contributed by atoms with Crippen molar-refractivity contribution < 1.29 is 0 Å². The van der Waals surface area contributed by atoms with Crippen LogP contribution in [0.5, 0.6) is 0 Å². The highest BCUT2D eigenvalue weighted by molar-refractivity contribution is 7.07. The number of aryl methyl sites for hydroxylation is 2. The van der Waals surface area contributed by atoms with Gasteiger partial charge < -0.3 is 4.98 Å². The molecule has 3 heterocycles. The van der Waals surface area contributed by atoms with E-state index >= 15 is 0 Å². The second-order valence-electron chi connectivity index (χ2n) is 10.8. The lowest BCUT2D eigenvalue weighted by molar-refractivity contribution is 0.585. The monoisotopic (exact) mass is 549 g/mol. The average molecular weight is 550 g/mol. The van der Waals surface area contributed by atoms with Gasteiger partial charge in [0.25, 0.3) is 5.56 Å². The molecule has 198 valence electrons. The van der Waals surface area contributed by atoms with Gasteiger partial charge in [0, 0.05) is 22.0 Å². The third kappa shape index (κ3) is 3.80. The maximum atomic E-state index is 14.3. The van der Waals surface area contributed by atoms with Crippen LogP contribution in [0.15, 0.2) is 118 Å². The molecule has 4 aromatic carbocycles. The van der Waals surface area contributed by atoms with Crippen LogP contribution in [-0.4, -0.2) is 9.55 Å². The van der Waals surface area contributed by atoms with Gasteiger partial charge in [-0.1, -0.05) is 114 Å². The van der Waals surface area contributed by atoms with E-state index in [1.165, 1.54) is 33.6 Å². The molecule has 1 aliphatic carbocycles. The van der Waals surface area contributed by atoms with Crippen LogP contribution < -0.4 is 14.9 Å². The molecular weight excluding hydrogens is 522 g/mol. The number of fused-ring (bicyclic) bond motifs is 4. The second kappa shape index (κ2) is 9.43. The first-order chi connectivity index (χ1) is 20.2. The summed E-state index contributed by atoms with van der Waals surface area (Å²) < 4.78 is 2.62. The highest BCUT2D eigenvalue weighted by Crippen LogP contribution is 2.41. The number of aromatic nitrogens is 2. The standard InChI is InChI=1S/C36H27N3OS/c1-22-11-10-18-27-29(32(37-31(22)27)24-13-4-2-5-14-24)21-30-35(40)39-34(25-15-6-3-7-16-25)28-20-19-23-12-8-9-17-26(23)33(28)38-36(39)41-30/h2-18,21,34,37H,19-20H2,1H3/b30-21+/t34-/m0/s1. The molecule has 0 fully saturated rings. The molecule has 1 N–H and O–H groups in total. The topological polar surface area (TPSA) is 50.1 Å². The average Bonchev–Trinajstić information content (AvgIpc) is 3.55. The van der Waals surface area contributed by atoms with Crippen LogP contribution in [0.3, 0.4) is 0 Å². The molecule has 0 bridgehead atoms. The summed E-state index contributed by atoms with van der Waals surface area (Å²) in [5, 5.41) is 1.11. The van der Waals surface area contributed by atoms with Gasteiger partial charge >= 0.3 is 0 Å². The quantitative estimate of drug-likeness (QED) is 0.260. The molecule has 0 amide bonds. The van der Waals surface area contributed by atoms with Crippen molar-refractivity contribution in [3.8, 4) is 11.3 Å². The predicted octanol–water partition coefficient (Wildman–Crippen LogP) is 6.78. The molecule has 8 rings (SSSR count). The van der Waals surface area contributed by atoms with Gasteiger partial charge in [0.05, 0.1) is 22.0 Å². The Morgan fingerprint density at radius 3 is 2.46 bits per heavy atom. The van der Waals surface area contributed by atoms with Gasteiger partial charge in [0.1, 0.15) is 0 Å². The fraction of sp³-hybridized carbons (Fsp3) is 0.111. The van der Waals surface area contributed by atoms with Crippen LogP contribution in [0.2, 0.25) is 0 Å². The Morgan fingerprint density at radius 1 is 0.878 bits per heavy atom. The third-order valence-electron chi connectivity index (χ3n) is 8.41. The summed E-state index contributed by atoms with van der Waals surface area (Å²) >= 11 is 1.49. The number of rotatable bonds is 3. The number of hydrogen-bond donors (Lipinski definition) is 1. The molecule has 2 aliphatic rings. The summed E-state index contributed by atoms with van der Waals surface area (Å²) in [6.45, 7) is 2.12. The largest absolute Gasteiger partial charge is 0.354 e. The summed E-state index contributed by atoms with van der Waals surface area (Å²) in [6, 6.07) is 35.5. The van der Waals surface area contributed by atoms with E-state index in [1.807, 2.05) is 28.8 Å². The van der Waals surface area contributed by atoms with E-state index in [9.17, 15) is 4.79 Å². The van der Waals surface area contributed by atoms with E-state index in [2.05, 4.69) is 96.8 Å². The number of H-pyrrole nitrogens is 1. The summed E-state index contributed by atoms with van der Waals surface area (Å²) in [7, 11) is 0. The van der Waals surface area contributed by atoms with Gasteiger partial charge in [-0.15, -0.1) is 0 Å². The Morgan fingerprint density at radius 2 is 1.63 bits per heavy atom. The lowest BCUT2D eigenvalue weighted by Crippen LogP contribution is -2.38. The molecule has 0 spiro atoms. The normalized spacial score (nSPS) is 16.3. The van der Waals surface area contributed by atoms with E-state index in [0.29, 0.717) is 4.53 Å². The zero-order valence-corrected chi connectivity index (χ0v) is 23.4. The molecule has 6 aromatic rings. The number of aromatic amines is 1. The van der Waals surface area contributed by atoms with Crippen LogP contribution >= 0.6 is 11.3 Å². The highest BCUT2D eigenvalue weighted by atomic mass is 32.1. The smallest absolute Gasteiger partial charge is 0.271 e. The minimum Gasteiger partial charge on any atom is -0.354 e. The summed E-state index contributed by atoms with van der Waals surface area (Å²) in [5.74, 6) is 0. The molecule has 1 aliphatic heterocycles. The van der Waals surface area contributed by atoms with E-state index in [4.69, 9.17) is 4.99 Å². The number of hydrogen-bond acceptors (Lipinski definition) is 3. The fourth-order valence-corrected chi connectivity index (χ4v) is 7.44. The number of thiazole rings is 1. The molecule has 0 unspecified atom stereocenters. The minimum atomic E-state index is -0.170. The van der Waals surface area contributed by atoms with Gasteiger partial charge in [-0.25, -0.2) is 4.99 Å². The molecule has 0 saturated heterocycles. The fourth-order valence-electron chi connectivity index (χ4n) is 6.46. The molecule has 1 atom stereocenters. The number of allylic oxidation sites excluding steroid dienone is 1. The zero-order valence-electron chi connectivity index (χ0n) is 22.6. The lowest BCUT2D eigenvalue weighted by Gasteiger charge is -2.30. The van der Waals surface area contributed by atoms with Crippen molar-refractivity contribution in [1.29, 1.82) is 0 Å². The van der Waals surface area contributed by atoms with Gasteiger partial charge in [0.2, 0.25) is 0 Å². The lowest BCUT2D eigenvalue weighted by atomic mass is 9.83. The first kappa shape index (κ1) is 24.1. The summed E-state index contributed by atoms with van der Waals surface area (Å²) in [6.07, 6.45) is 3.91. The highest BCUT2D eigenvalue weighted by Gasteiger charge is 2.32. The van der Waals surface area contributed by atoms with Gasteiger partial charge in [-0.3, -0.25) is 9.36 Å². The van der Waals surface area contributed by atoms with Crippen LogP contribution in [0.4, 0.5) is 0 Å². The van der Waals surface area contributed by atoms with Crippen molar-refractivity contribution in [1.82, 2.24) is 9.55 Å². The van der Waals surface area contributed by atoms with Crippen LogP contribution in [0.1, 0.15) is 40.3 Å². The maximum absolute atomic E-state index is 14.3. The van der Waals surface area contributed by atoms with E-state index in [0.717, 1.165) is 56.6 Å². The molecular formula is C36H27N3OS. The Kier molecular flexibility index (Phi) is 5.54. The van der Waals surface area contributed by atoms with Crippen molar-refractivity contribution in [3.63, 3.8) is 0 Å². The molecule has 41 heavy (non-hydrogen) atoms. The number of nitrogens with zero attached hydrogens (tertiary/aromatic N) is 2. The molecule has 4 nitrogen and oxygen atoms in total. The Labute approximate surface area is 241 Å². The molecule has 2 aromatic heterocycles. The van der Waals surface area contributed by atoms with Crippen LogP contribution in [0.25, 0.3) is 33.9 Å². The first-order valence-electron chi connectivity index (χ1n) is 14.0. The Hall–Kier alpha value is -4.74. The number of para-hydroxylation sites is 1. The van der Waals surface area contributed by atoms with Crippen molar-refractivity contribution in [2.45, 2.75) is 25.8 Å². The maximum Gasteiger partial charge on any atom is 0.271 e. The van der Waals surface area contributed by atoms with E-state index < -0.39 is 0 Å². The van der Waals surface area contributed by atoms with Crippen molar-refractivity contribution >= 4 is 34.0 Å². The Bertz CT molecular complexity index is 2180. The number of nitrogens with one attached hydrogen (secondary N) is 1. The van der Waals surface area contributed by atoms with Gasteiger partial charge in [0.15, 0.2) is 4.80 Å². The number of benzene rings is 4. The molecule has 0 saturated carbocycles. The van der Waals surface area contributed by atoms with Crippen molar-refractivity contribution in [2.24, 2.45) is 4.99 Å². The van der Waals surface area contributed by atoms with Crippen molar-refractivity contribution in [3.05, 3.63) is 156 Å². The summed E-state index contributed by atoms with van der Waals surface area (Å²) in [5.41, 5.74) is 11.3. The second-order valence-corrected chi connectivity index (χ2v) is 11.8. The zero-order chi connectivity index (χ0) is 27.5. The SMILES string of the molecule is Cc1cccc2c(/C=c3/sc4n(c3=O)[C@@H](c3ccccc3)C3=C(N=4)c4ccccc4CC3)c(-c3ccccc3)[nH]c12. The third-order valence-corrected chi connectivity index (χ3v) is 9.39. The van der Waals surface area contributed by atoms with E-state index in [-0.39, 0.29) is 11.6 Å². The van der Waals surface area contributed by atoms with Crippen LogP contribution in [-0.2, 0) is 6.42 Å². The Balaban J connectivity index is 1.41. The summed E-state index contributed by atoms with van der Waals surface area (Å²) in [4.78, 5) is 24.0. The predicted molar refractivity (Wildman–Crippen MR) is 168 cm³/mol. The molecule has 5 heteroatoms. The van der Waals surface area contributed by atoms with E-state index in [1.54, 1.807) is 0 Å². The van der Waals surface area contributed by atoms with Gasteiger partial charge in [-0.2, -0.15) is 0 Å².